The minimum Gasteiger partial charge on any atom is -0.309 e. The van der Waals surface area contributed by atoms with Gasteiger partial charge in [0.2, 0.25) is 0 Å². The van der Waals surface area contributed by atoms with E-state index in [-0.39, 0.29) is 0 Å². The van der Waals surface area contributed by atoms with Crippen LogP contribution in [-0.4, -0.2) is 4.57 Å². The second-order valence-corrected chi connectivity index (χ2v) is 12.5. The summed E-state index contributed by atoms with van der Waals surface area (Å²) in [5, 5.41) is 10.2. The molecule has 9 rings (SSSR count). The largest absolute Gasteiger partial charge is 0.309 e. The SMILES string of the molecule is C=C(/C=C\Cc1c2ccccc2c(-c2ccccc2)c2ccccc12)c1cccc2c3c4ccccc4ccc3n(-c3ccccc3)c12. The average Bonchev–Trinajstić information content (AvgIpc) is 3.50. The first-order valence-electron chi connectivity index (χ1n) is 16.6. The Morgan fingerprint density at radius 3 is 1.81 bits per heavy atom. The highest BCUT2D eigenvalue weighted by atomic mass is 15.0. The Labute approximate surface area is 280 Å². The molecule has 0 bridgehead atoms. The molecule has 0 radical (unpaired) electrons. The molecule has 0 saturated carbocycles. The van der Waals surface area contributed by atoms with Crippen LogP contribution in [-0.2, 0) is 6.42 Å². The Morgan fingerprint density at radius 2 is 1.10 bits per heavy atom. The summed E-state index contributed by atoms with van der Waals surface area (Å²) in [5.41, 5.74) is 9.56. The van der Waals surface area contributed by atoms with Gasteiger partial charge >= 0.3 is 0 Å². The van der Waals surface area contributed by atoms with Gasteiger partial charge in [0.15, 0.2) is 0 Å². The maximum atomic E-state index is 4.65. The first-order chi connectivity index (χ1) is 23.8. The van der Waals surface area contributed by atoms with E-state index >= 15 is 0 Å². The highest BCUT2D eigenvalue weighted by molar-refractivity contribution is 6.23. The summed E-state index contributed by atoms with van der Waals surface area (Å²) in [6.07, 6.45) is 5.31. The minimum atomic E-state index is 0.803. The third-order valence-corrected chi connectivity index (χ3v) is 9.78. The third-order valence-electron chi connectivity index (χ3n) is 9.78. The average molecular weight is 612 g/mol. The predicted molar refractivity (Wildman–Crippen MR) is 207 cm³/mol. The van der Waals surface area contributed by atoms with E-state index in [1.165, 1.54) is 70.8 Å². The molecule has 0 N–H and O–H groups in total. The Morgan fingerprint density at radius 1 is 0.521 bits per heavy atom. The fourth-order valence-electron chi connectivity index (χ4n) is 7.70. The van der Waals surface area contributed by atoms with Crippen LogP contribution in [0.2, 0.25) is 0 Å². The quantitative estimate of drug-likeness (QED) is 0.130. The van der Waals surface area contributed by atoms with Gasteiger partial charge in [-0.1, -0.05) is 164 Å². The lowest BCUT2D eigenvalue weighted by molar-refractivity contribution is 1.18. The summed E-state index contributed by atoms with van der Waals surface area (Å²) in [7, 11) is 0. The van der Waals surface area contributed by atoms with Crippen molar-refractivity contribution in [1.82, 2.24) is 4.57 Å². The zero-order valence-electron chi connectivity index (χ0n) is 26.6. The third kappa shape index (κ3) is 4.47. The van der Waals surface area contributed by atoms with E-state index in [4.69, 9.17) is 0 Å². The second kappa shape index (κ2) is 11.6. The van der Waals surface area contributed by atoms with Gasteiger partial charge < -0.3 is 4.57 Å². The van der Waals surface area contributed by atoms with Gasteiger partial charge in [0, 0.05) is 22.0 Å². The van der Waals surface area contributed by atoms with Crippen molar-refractivity contribution in [2.75, 3.05) is 0 Å². The Hall–Kier alpha value is -6.18. The van der Waals surface area contributed by atoms with E-state index < -0.39 is 0 Å². The van der Waals surface area contributed by atoms with E-state index in [1.54, 1.807) is 0 Å². The summed E-state index contributed by atoms with van der Waals surface area (Å²) in [6, 6.07) is 59.0. The normalized spacial score (nSPS) is 11.8. The van der Waals surface area contributed by atoms with E-state index in [0.29, 0.717) is 0 Å². The first kappa shape index (κ1) is 28.1. The van der Waals surface area contributed by atoms with Crippen LogP contribution < -0.4 is 0 Å². The van der Waals surface area contributed by atoms with Gasteiger partial charge in [-0.25, -0.2) is 0 Å². The first-order valence-corrected chi connectivity index (χ1v) is 16.6. The lowest BCUT2D eigenvalue weighted by atomic mass is 9.87. The maximum Gasteiger partial charge on any atom is 0.0619 e. The number of allylic oxidation sites excluding steroid dienone is 3. The summed E-state index contributed by atoms with van der Waals surface area (Å²) >= 11 is 0. The van der Waals surface area contributed by atoms with Crippen LogP contribution in [0.4, 0.5) is 0 Å². The molecular formula is C47H33N. The summed E-state index contributed by atoms with van der Waals surface area (Å²) in [6.45, 7) is 4.65. The number of fused-ring (bicyclic) bond motifs is 7. The van der Waals surface area contributed by atoms with E-state index in [2.05, 4.69) is 187 Å². The molecule has 0 aliphatic carbocycles. The molecule has 9 aromatic rings. The Balaban J connectivity index is 1.19. The molecule has 0 saturated heterocycles. The lowest BCUT2D eigenvalue weighted by Gasteiger charge is -2.16. The Bertz CT molecular complexity index is 2630. The minimum absolute atomic E-state index is 0.803. The molecule has 0 spiro atoms. The smallest absolute Gasteiger partial charge is 0.0619 e. The predicted octanol–water partition coefficient (Wildman–Crippen LogP) is 12.7. The molecule has 1 aromatic heterocycles. The van der Waals surface area contributed by atoms with Crippen molar-refractivity contribution in [2.45, 2.75) is 6.42 Å². The number of hydrogen-bond acceptors (Lipinski definition) is 0. The van der Waals surface area contributed by atoms with E-state index in [0.717, 1.165) is 23.2 Å². The topological polar surface area (TPSA) is 4.93 Å². The van der Waals surface area contributed by atoms with Crippen molar-refractivity contribution >= 4 is 59.7 Å². The molecule has 0 aliphatic rings. The second-order valence-electron chi connectivity index (χ2n) is 12.5. The summed E-state index contributed by atoms with van der Waals surface area (Å²) in [5.74, 6) is 0. The molecule has 0 atom stereocenters. The van der Waals surface area contributed by atoms with Gasteiger partial charge in [-0.05, 0) is 79.2 Å². The van der Waals surface area contributed by atoms with Gasteiger partial charge in [-0.15, -0.1) is 0 Å². The number of aromatic nitrogens is 1. The molecule has 0 amide bonds. The Kier molecular flexibility index (Phi) is 6.76. The zero-order chi connectivity index (χ0) is 32.0. The molecular weight excluding hydrogens is 579 g/mol. The van der Waals surface area contributed by atoms with Crippen LogP contribution in [0.5, 0.6) is 0 Å². The molecule has 0 fully saturated rings. The number of rotatable bonds is 6. The highest BCUT2D eigenvalue weighted by Gasteiger charge is 2.18. The molecule has 226 valence electrons. The molecule has 48 heavy (non-hydrogen) atoms. The fraction of sp³-hybridized carbons (Fsp3) is 0.0213. The van der Waals surface area contributed by atoms with Crippen molar-refractivity contribution in [1.29, 1.82) is 0 Å². The monoisotopic (exact) mass is 611 g/mol. The van der Waals surface area contributed by atoms with Crippen molar-refractivity contribution in [2.24, 2.45) is 0 Å². The molecule has 0 unspecified atom stereocenters. The lowest BCUT2D eigenvalue weighted by Crippen LogP contribution is -1.96. The van der Waals surface area contributed by atoms with Crippen molar-refractivity contribution in [3.05, 3.63) is 194 Å². The molecule has 1 nitrogen and oxygen atoms in total. The van der Waals surface area contributed by atoms with Gasteiger partial charge in [0.1, 0.15) is 0 Å². The van der Waals surface area contributed by atoms with Crippen LogP contribution >= 0.6 is 0 Å². The molecule has 1 heteroatoms. The summed E-state index contributed by atoms with van der Waals surface area (Å²) < 4.78 is 2.41. The van der Waals surface area contributed by atoms with E-state index in [9.17, 15) is 0 Å². The maximum absolute atomic E-state index is 4.65. The van der Waals surface area contributed by atoms with Crippen molar-refractivity contribution < 1.29 is 0 Å². The van der Waals surface area contributed by atoms with Crippen LogP contribution in [0.15, 0.2) is 183 Å². The van der Waals surface area contributed by atoms with Crippen LogP contribution in [0.25, 0.3) is 76.5 Å². The number of nitrogens with zero attached hydrogens (tertiary/aromatic N) is 1. The number of para-hydroxylation sites is 2. The van der Waals surface area contributed by atoms with Gasteiger partial charge in [0.25, 0.3) is 0 Å². The molecule has 0 aliphatic heterocycles. The summed E-state index contributed by atoms with van der Waals surface area (Å²) in [4.78, 5) is 0. The highest BCUT2D eigenvalue weighted by Crippen LogP contribution is 2.41. The van der Waals surface area contributed by atoms with Gasteiger partial charge in [-0.2, -0.15) is 0 Å². The van der Waals surface area contributed by atoms with Crippen LogP contribution in [0.1, 0.15) is 11.1 Å². The van der Waals surface area contributed by atoms with Gasteiger partial charge in [-0.3, -0.25) is 0 Å². The fourth-order valence-corrected chi connectivity index (χ4v) is 7.70. The van der Waals surface area contributed by atoms with Crippen molar-refractivity contribution in [3.63, 3.8) is 0 Å². The number of hydrogen-bond donors (Lipinski definition) is 0. The molecule has 8 aromatic carbocycles. The standard InChI is InChI=1S/C47H33N/c1-32(16-14-28-38-39-23-10-12-25-41(39)45(34-18-4-2-5-19-34)42-26-13-11-24-40(38)42)36-27-15-29-43-46-37-22-9-8-17-33(37)30-31-44(46)48(47(36)43)35-20-6-3-7-21-35/h2-27,29-31H,1,28H2/b16-14-. The van der Waals surface area contributed by atoms with Gasteiger partial charge in [0.05, 0.1) is 11.0 Å². The van der Waals surface area contributed by atoms with Crippen molar-refractivity contribution in [3.8, 4) is 16.8 Å². The zero-order valence-corrected chi connectivity index (χ0v) is 26.6. The number of benzene rings is 8. The van der Waals surface area contributed by atoms with E-state index in [1.807, 2.05) is 0 Å². The molecule has 1 heterocycles. The van der Waals surface area contributed by atoms with Crippen LogP contribution in [0.3, 0.4) is 0 Å². The van der Waals surface area contributed by atoms with Crippen LogP contribution in [0, 0.1) is 0 Å².